The van der Waals surface area contributed by atoms with E-state index in [1.165, 1.54) is 0 Å². The fourth-order valence-corrected chi connectivity index (χ4v) is 1.43. The highest BCUT2D eigenvalue weighted by molar-refractivity contribution is 5.73. The van der Waals surface area contributed by atoms with Gasteiger partial charge in [-0.2, -0.15) is 0 Å². The Morgan fingerprint density at radius 1 is 1.31 bits per heavy atom. The zero-order valence-electron chi connectivity index (χ0n) is 8.66. The van der Waals surface area contributed by atoms with E-state index < -0.39 is 6.03 Å². The third-order valence-electron chi connectivity index (χ3n) is 2.19. The van der Waals surface area contributed by atoms with E-state index in [9.17, 15) is 4.79 Å². The van der Waals surface area contributed by atoms with Crippen LogP contribution in [0.2, 0.25) is 0 Å². The second-order valence-corrected chi connectivity index (χ2v) is 3.31. The Morgan fingerprint density at radius 2 is 2.06 bits per heavy atom. The van der Waals surface area contributed by atoms with Crippen molar-refractivity contribution in [1.29, 1.82) is 0 Å². The van der Waals surface area contributed by atoms with Gasteiger partial charge in [0.25, 0.3) is 0 Å². The van der Waals surface area contributed by atoms with Crippen LogP contribution in [0.25, 0.3) is 0 Å². The average Bonchev–Trinajstić information content (AvgIpc) is 2.35. The predicted octanol–water partition coefficient (Wildman–Crippen LogP) is 0.131. The van der Waals surface area contributed by atoms with Gasteiger partial charge in [0.1, 0.15) is 13.2 Å². The van der Waals surface area contributed by atoms with E-state index in [0.29, 0.717) is 25.5 Å². The first kappa shape index (κ1) is 10.6. The van der Waals surface area contributed by atoms with Crippen molar-refractivity contribution in [2.24, 2.45) is 5.84 Å². The third kappa shape index (κ3) is 2.34. The van der Waals surface area contributed by atoms with Crippen LogP contribution >= 0.6 is 0 Å². The van der Waals surface area contributed by atoms with Gasteiger partial charge in [-0.05, 0) is 17.7 Å². The molecule has 0 atom stereocenters. The smallest absolute Gasteiger partial charge is 0.329 e. The van der Waals surface area contributed by atoms with Gasteiger partial charge in [0.15, 0.2) is 11.5 Å². The first-order chi connectivity index (χ1) is 7.79. The second kappa shape index (κ2) is 4.71. The number of hydrogen-bond donors (Lipinski definition) is 3. The highest BCUT2D eigenvalue weighted by Crippen LogP contribution is 2.30. The summed E-state index contributed by atoms with van der Waals surface area (Å²) in [6, 6.07) is 5.11. The number of fused-ring (bicyclic) bond motifs is 1. The van der Waals surface area contributed by atoms with Gasteiger partial charge in [-0.25, -0.2) is 10.6 Å². The number of ether oxygens (including phenoxy) is 2. The van der Waals surface area contributed by atoms with Crippen LogP contribution in [0.1, 0.15) is 5.56 Å². The zero-order valence-corrected chi connectivity index (χ0v) is 8.66. The Morgan fingerprint density at radius 3 is 2.81 bits per heavy atom. The van der Waals surface area contributed by atoms with Crippen LogP contribution in [-0.2, 0) is 6.54 Å². The molecule has 0 bridgehead atoms. The van der Waals surface area contributed by atoms with Gasteiger partial charge in [-0.15, -0.1) is 0 Å². The highest BCUT2D eigenvalue weighted by Gasteiger charge is 2.11. The van der Waals surface area contributed by atoms with Crippen LogP contribution in [0, 0.1) is 0 Å². The molecule has 0 unspecified atom stereocenters. The molecule has 0 aromatic heterocycles. The number of carbonyl (C=O) groups excluding carboxylic acids is 1. The fraction of sp³-hybridized carbons (Fsp3) is 0.300. The molecular weight excluding hydrogens is 210 g/mol. The Kier molecular flexibility index (Phi) is 3.11. The maximum atomic E-state index is 10.9. The largest absolute Gasteiger partial charge is 0.486 e. The van der Waals surface area contributed by atoms with Crippen LogP contribution in [0.4, 0.5) is 4.79 Å². The van der Waals surface area contributed by atoms with Crippen molar-refractivity contribution in [1.82, 2.24) is 10.7 Å². The zero-order chi connectivity index (χ0) is 11.4. The molecule has 1 heterocycles. The van der Waals surface area contributed by atoms with Crippen molar-refractivity contribution >= 4 is 6.03 Å². The van der Waals surface area contributed by atoms with E-state index in [1.54, 1.807) is 0 Å². The molecule has 0 spiro atoms. The quantitative estimate of drug-likeness (QED) is 0.378. The van der Waals surface area contributed by atoms with E-state index in [-0.39, 0.29) is 0 Å². The van der Waals surface area contributed by atoms with Gasteiger partial charge in [-0.3, -0.25) is 5.43 Å². The van der Waals surface area contributed by atoms with Gasteiger partial charge in [-0.1, -0.05) is 6.07 Å². The molecule has 1 aliphatic heterocycles. The van der Waals surface area contributed by atoms with E-state index in [2.05, 4.69) is 5.32 Å². The van der Waals surface area contributed by atoms with Crippen LogP contribution in [0.15, 0.2) is 18.2 Å². The van der Waals surface area contributed by atoms with Crippen molar-refractivity contribution in [3.05, 3.63) is 23.8 Å². The Labute approximate surface area is 92.7 Å². The summed E-state index contributed by atoms with van der Waals surface area (Å²) in [6.07, 6.45) is 0. The van der Waals surface area contributed by atoms with Crippen LogP contribution < -0.4 is 26.1 Å². The van der Waals surface area contributed by atoms with E-state index in [0.717, 1.165) is 11.3 Å². The highest BCUT2D eigenvalue weighted by atomic mass is 16.6. The lowest BCUT2D eigenvalue weighted by molar-refractivity contribution is 0.171. The number of nitrogens with one attached hydrogen (secondary N) is 2. The number of urea groups is 1. The topological polar surface area (TPSA) is 85.6 Å². The SMILES string of the molecule is NNC(=O)NCc1ccc2c(c1)OCCO2. The molecular formula is C10H13N3O3. The number of nitrogens with two attached hydrogens (primary N) is 1. The van der Waals surface area contributed by atoms with Crippen molar-refractivity contribution < 1.29 is 14.3 Å². The second-order valence-electron chi connectivity index (χ2n) is 3.31. The van der Waals surface area contributed by atoms with Gasteiger partial charge >= 0.3 is 6.03 Å². The molecule has 16 heavy (non-hydrogen) atoms. The average molecular weight is 223 g/mol. The molecule has 0 saturated carbocycles. The summed E-state index contributed by atoms with van der Waals surface area (Å²) >= 11 is 0. The predicted molar refractivity (Wildman–Crippen MR) is 57.0 cm³/mol. The number of carbonyl (C=O) groups is 1. The van der Waals surface area contributed by atoms with Gasteiger partial charge in [0, 0.05) is 6.54 Å². The molecule has 2 rings (SSSR count). The Hall–Kier alpha value is -1.95. The van der Waals surface area contributed by atoms with Crippen LogP contribution in [0.3, 0.4) is 0 Å². The first-order valence-electron chi connectivity index (χ1n) is 4.92. The van der Waals surface area contributed by atoms with Crippen LogP contribution in [-0.4, -0.2) is 19.2 Å². The fourth-order valence-electron chi connectivity index (χ4n) is 1.43. The molecule has 0 fully saturated rings. The number of hydrazine groups is 1. The summed E-state index contributed by atoms with van der Waals surface area (Å²) in [4.78, 5) is 10.9. The molecule has 0 radical (unpaired) electrons. The summed E-state index contributed by atoms with van der Waals surface area (Å²) < 4.78 is 10.8. The molecule has 1 aromatic carbocycles. The molecule has 4 N–H and O–H groups in total. The summed E-state index contributed by atoms with van der Waals surface area (Å²) in [5.74, 6) is 6.38. The summed E-state index contributed by atoms with van der Waals surface area (Å²) in [5.41, 5.74) is 2.92. The summed E-state index contributed by atoms with van der Waals surface area (Å²) in [5, 5.41) is 2.58. The number of amides is 2. The summed E-state index contributed by atoms with van der Waals surface area (Å²) in [6.45, 7) is 1.51. The summed E-state index contributed by atoms with van der Waals surface area (Å²) in [7, 11) is 0. The molecule has 0 aliphatic carbocycles. The first-order valence-corrected chi connectivity index (χ1v) is 4.92. The van der Waals surface area contributed by atoms with E-state index in [1.807, 2.05) is 23.6 Å². The number of hydrogen-bond acceptors (Lipinski definition) is 4. The van der Waals surface area contributed by atoms with Crippen molar-refractivity contribution in [3.63, 3.8) is 0 Å². The van der Waals surface area contributed by atoms with Gasteiger partial charge in [0.05, 0.1) is 0 Å². The standard InChI is InChI=1S/C10H13N3O3/c11-13-10(14)12-6-7-1-2-8-9(5-7)16-4-3-15-8/h1-2,5H,3-4,6,11H2,(H2,12,13,14). The molecule has 1 aromatic rings. The monoisotopic (exact) mass is 223 g/mol. The molecule has 0 saturated heterocycles. The Bertz CT molecular complexity index is 395. The lowest BCUT2D eigenvalue weighted by atomic mass is 10.2. The van der Waals surface area contributed by atoms with E-state index >= 15 is 0 Å². The van der Waals surface area contributed by atoms with Crippen molar-refractivity contribution in [3.8, 4) is 11.5 Å². The van der Waals surface area contributed by atoms with Crippen LogP contribution in [0.5, 0.6) is 11.5 Å². The normalized spacial score (nSPS) is 13.1. The van der Waals surface area contributed by atoms with Crippen molar-refractivity contribution in [2.75, 3.05) is 13.2 Å². The van der Waals surface area contributed by atoms with E-state index in [4.69, 9.17) is 15.3 Å². The minimum absolute atomic E-state index is 0.389. The molecule has 6 nitrogen and oxygen atoms in total. The maximum Gasteiger partial charge on any atom is 0.329 e. The molecule has 86 valence electrons. The lowest BCUT2D eigenvalue weighted by Crippen LogP contribution is -2.39. The third-order valence-corrected chi connectivity index (χ3v) is 2.19. The van der Waals surface area contributed by atoms with Gasteiger partial charge in [0.2, 0.25) is 0 Å². The molecule has 2 amide bonds. The maximum absolute atomic E-state index is 10.9. The molecule has 1 aliphatic rings. The number of rotatable bonds is 2. The number of benzene rings is 1. The minimum atomic E-state index is -0.421. The lowest BCUT2D eigenvalue weighted by Gasteiger charge is -2.18. The molecule has 6 heteroatoms. The Balaban J connectivity index is 2.03. The van der Waals surface area contributed by atoms with Crippen molar-refractivity contribution in [2.45, 2.75) is 6.54 Å². The van der Waals surface area contributed by atoms with Gasteiger partial charge < -0.3 is 14.8 Å². The minimum Gasteiger partial charge on any atom is -0.486 e.